The fourth-order valence-corrected chi connectivity index (χ4v) is 3.59. The van der Waals surface area contributed by atoms with Crippen LogP contribution in [-0.2, 0) is 28.5 Å². The maximum atomic E-state index is 12.7. The van der Waals surface area contributed by atoms with Crippen LogP contribution in [0, 0.1) is 11.8 Å². The summed E-state index contributed by atoms with van der Waals surface area (Å²) in [7, 11) is 0. The molecule has 6 atom stereocenters. The molecule has 1 saturated carbocycles. The second-order valence-corrected chi connectivity index (χ2v) is 7.24. The largest absolute Gasteiger partial charge is 0.459 e. The number of carbonyl (C=O) groups excluding carboxylic acids is 2. The zero-order valence-electron chi connectivity index (χ0n) is 15.1. The van der Waals surface area contributed by atoms with E-state index < -0.39 is 11.8 Å². The summed E-state index contributed by atoms with van der Waals surface area (Å²) in [5.41, 5.74) is 0. The normalized spacial score (nSPS) is 32.0. The van der Waals surface area contributed by atoms with Crippen molar-refractivity contribution in [1.82, 2.24) is 0 Å². The summed E-state index contributed by atoms with van der Waals surface area (Å²) in [6, 6.07) is 0. The average Bonchev–Trinajstić information content (AvgIpc) is 3.53. The first-order chi connectivity index (χ1) is 12.6. The van der Waals surface area contributed by atoms with Gasteiger partial charge in [-0.2, -0.15) is 0 Å². The molecule has 0 aromatic heterocycles. The van der Waals surface area contributed by atoms with Gasteiger partial charge in [-0.25, -0.2) is 0 Å². The van der Waals surface area contributed by atoms with Crippen LogP contribution in [0.2, 0.25) is 0 Å². The maximum absolute atomic E-state index is 12.7. The highest BCUT2D eigenvalue weighted by Crippen LogP contribution is 2.34. The van der Waals surface area contributed by atoms with Crippen molar-refractivity contribution in [2.45, 2.75) is 62.9 Å². The monoisotopic (exact) mass is 364 g/mol. The molecule has 6 unspecified atom stereocenters. The summed E-state index contributed by atoms with van der Waals surface area (Å²) in [5.74, 6) is -1.55. The van der Waals surface area contributed by atoms with Crippen LogP contribution in [-0.4, -0.2) is 49.6 Å². The Morgan fingerprint density at radius 3 is 1.58 bits per heavy atom. The van der Waals surface area contributed by atoms with Crippen LogP contribution in [0.4, 0.5) is 0 Å². The van der Waals surface area contributed by atoms with Gasteiger partial charge in [0.15, 0.2) is 0 Å². The van der Waals surface area contributed by atoms with Crippen LogP contribution < -0.4 is 0 Å². The van der Waals surface area contributed by atoms with Crippen molar-refractivity contribution in [3.63, 3.8) is 0 Å². The average molecular weight is 364 g/mol. The Morgan fingerprint density at radius 2 is 1.27 bits per heavy atom. The maximum Gasteiger partial charge on any atom is 0.310 e. The van der Waals surface area contributed by atoms with Crippen LogP contribution >= 0.6 is 0 Å². The molecule has 0 bridgehead atoms. The summed E-state index contributed by atoms with van der Waals surface area (Å²) < 4.78 is 21.8. The Hall–Kier alpha value is -1.66. The highest BCUT2D eigenvalue weighted by Gasteiger charge is 2.43. The SMILES string of the molecule is C=CCC(OC(=O)C1CCCCC1C(=O)OC(CC=C)C1CO1)C1CO1. The molecule has 3 rings (SSSR count). The lowest BCUT2D eigenvalue weighted by Crippen LogP contribution is -2.39. The van der Waals surface area contributed by atoms with E-state index in [-0.39, 0.29) is 36.4 Å². The van der Waals surface area contributed by atoms with Gasteiger partial charge in [-0.15, -0.1) is 13.2 Å². The van der Waals surface area contributed by atoms with Gasteiger partial charge in [-0.1, -0.05) is 25.0 Å². The third kappa shape index (κ3) is 4.95. The zero-order valence-corrected chi connectivity index (χ0v) is 15.1. The van der Waals surface area contributed by atoms with E-state index >= 15 is 0 Å². The zero-order chi connectivity index (χ0) is 18.5. The van der Waals surface area contributed by atoms with Gasteiger partial charge >= 0.3 is 11.9 Å². The van der Waals surface area contributed by atoms with Gasteiger partial charge in [-0.3, -0.25) is 9.59 Å². The summed E-state index contributed by atoms with van der Waals surface area (Å²) in [6.45, 7) is 8.62. The van der Waals surface area contributed by atoms with Crippen LogP contribution in [0.5, 0.6) is 0 Å². The number of carbonyl (C=O) groups is 2. The number of ether oxygens (including phenoxy) is 4. The third-order valence-corrected chi connectivity index (χ3v) is 5.25. The van der Waals surface area contributed by atoms with E-state index in [1.165, 1.54) is 0 Å². The Morgan fingerprint density at radius 1 is 0.885 bits per heavy atom. The minimum atomic E-state index is -0.452. The molecule has 2 saturated heterocycles. The van der Waals surface area contributed by atoms with Crippen LogP contribution in [0.25, 0.3) is 0 Å². The first kappa shape index (κ1) is 19.1. The molecular formula is C20H28O6. The standard InChI is InChI=1S/C20H28O6/c1-3-7-15(17-11-23-17)25-19(21)13-9-5-6-10-14(13)20(22)26-16(8-4-2)18-12-24-18/h3-4,13-18H,1-2,5-12H2. The Balaban J connectivity index is 1.60. The van der Waals surface area contributed by atoms with Crippen molar-refractivity contribution in [2.75, 3.05) is 13.2 Å². The van der Waals surface area contributed by atoms with E-state index in [1.54, 1.807) is 12.2 Å². The molecule has 2 aliphatic heterocycles. The predicted octanol–water partition coefficient (Wildman–Crippen LogP) is 2.57. The van der Waals surface area contributed by atoms with Gasteiger partial charge in [0.1, 0.15) is 24.4 Å². The molecule has 6 heteroatoms. The Bertz CT molecular complexity index is 488. The van der Waals surface area contributed by atoms with Crippen LogP contribution in [0.15, 0.2) is 25.3 Å². The predicted molar refractivity (Wildman–Crippen MR) is 94.3 cm³/mol. The molecule has 6 nitrogen and oxygen atoms in total. The molecule has 0 aromatic rings. The van der Waals surface area contributed by atoms with Gasteiger partial charge < -0.3 is 18.9 Å². The minimum Gasteiger partial charge on any atom is -0.459 e. The Labute approximate surface area is 154 Å². The first-order valence-corrected chi connectivity index (χ1v) is 9.50. The first-order valence-electron chi connectivity index (χ1n) is 9.50. The molecule has 1 aliphatic carbocycles. The fraction of sp³-hybridized carbons (Fsp3) is 0.700. The van der Waals surface area contributed by atoms with Gasteiger partial charge in [0.25, 0.3) is 0 Å². The van der Waals surface area contributed by atoms with E-state index in [0.717, 1.165) is 12.8 Å². The number of esters is 2. The van der Waals surface area contributed by atoms with Crippen molar-refractivity contribution < 1.29 is 28.5 Å². The molecule has 0 amide bonds. The van der Waals surface area contributed by atoms with Crippen molar-refractivity contribution in [3.8, 4) is 0 Å². The number of rotatable bonds is 10. The summed E-state index contributed by atoms with van der Waals surface area (Å²) in [5, 5.41) is 0. The van der Waals surface area contributed by atoms with E-state index in [4.69, 9.17) is 18.9 Å². The van der Waals surface area contributed by atoms with Gasteiger partial charge in [0.2, 0.25) is 0 Å². The van der Waals surface area contributed by atoms with Gasteiger partial charge in [-0.05, 0) is 12.8 Å². The molecule has 3 fully saturated rings. The second kappa shape index (κ2) is 8.82. The highest BCUT2D eigenvalue weighted by molar-refractivity contribution is 5.82. The van der Waals surface area contributed by atoms with Crippen molar-refractivity contribution in [2.24, 2.45) is 11.8 Å². The van der Waals surface area contributed by atoms with E-state index in [9.17, 15) is 9.59 Å². The van der Waals surface area contributed by atoms with Gasteiger partial charge in [0.05, 0.1) is 25.0 Å². The number of epoxide rings is 2. The van der Waals surface area contributed by atoms with E-state index in [1.807, 2.05) is 0 Å². The summed E-state index contributed by atoms with van der Waals surface area (Å²) in [6.07, 6.45) is 6.97. The third-order valence-electron chi connectivity index (χ3n) is 5.25. The molecule has 3 aliphatic rings. The molecule has 2 heterocycles. The lowest BCUT2D eigenvalue weighted by Gasteiger charge is -2.30. The number of hydrogen-bond acceptors (Lipinski definition) is 6. The topological polar surface area (TPSA) is 77.7 Å². The molecule has 0 radical (unpaired) electrons. The van der Waals surface area contributed by atoms with E-state index in [0.29, 0.717) is 38.9 Å². The molecule has 0 aromatic carbocycles. The van der Waals surface area contributed by atoms with E-state index in [2.05, 4.69) is 13.2 Å². The lowest BCUT2D eigenvalue weighted by molar-refractivity contribution is -0.169. The summed E-state index contributed by atoms with van der Waals surface area (Å²) in [4.78, 5) is 25.5. The quantitative estimate of drug-likeness (QED) is 0.337. The second-order valence-electron chi connectivity index (χ2n) is 7.24. The molecule has 144 valence electrons. The lowest BCUT2D eigenvalue weighted by atomic mass is 9.79. The van der Waals surface area contributed by atoms with Crippen molar-refractivity contribution >= 4 is 11.9 Å². The number of hydrogen-bond donors (Lipinski definition) is 0. The molecule has 0 spiro atoms. The Kier molecular flexibility index (Phi) is 6.48. The van der Waals surface area contributed by atoms with Gasteiger partial charge in [0, 0.05) is 12.8 Å². The molecular weight excluding hydrogens is 336 g/mol. The van der Waals surface area contributed by atoms with Crippen molar-refractivity contribution in [1.29, 1.82) is 0 Å². The highest BCUT2D eigenvalue weighted by atomic mass is 16.6. The minimum absolute atomic E-state index is 0.0464. The molecule has 26 heavy (non-hydrogen) atoms. The molecule has 0 N–H and O–H groups in total. The fourth-order valence-electron chi connectivity index (χ4n) is 3.59. The summed E-state index contributed by atoms with van der Waals surface area (Å²) >= 11 is 0. The van der Waals surface area contributed by atoms with Crippen LogP contribution in [0.3, 0.4) is 0 Å². The van der Waals surface area contributed by atoms with Crippen molar-refractivity contribution in [3.05, 3.63) is 25.3 Å². The smallest absolute Gasteiger partial charge is 0.310 e. The van der Waals surface area contributed by atoms with Crippen LogP contribution in [0.1, 0.15) is 38.5 Å².